The van der Waals surface area contributed by atoms with Crippen LogP contribution >= 0.6 is 12.4 Å². The molecule has 1 aromatic carbocycles. The van der Waals surface area contributed by atoms with Gasteiger partial charge in [-0.2, -0.15) is 0 Å². The molecular formula is C19H18ClN5O3. The number of fused-ring (bicyclic) bond motifs is 3. The highest BCUT2D eigenvalue weighted by Gasteiger charge is 2.30. The molecule has 0 bridgehead atoms. The molecule has 0 saturated carbocycles. The number of rotatable bonds is 4. The SMILES string of the molecule is Cl.NCC(=O)Oc1ccc2c(c1)C1=NCCN1C(=CC(=O)c1cccnc1)N2. The first-order valence-corrected chi connectivity index (χ1v) is 8.46. The van der Waals surface area contributed by atoms with E-state index in [0.29, 0.717) is 30.2 Å². The number of nitrogens with one attached hydrogen (secondary N) is 1. The van der Waals surface area contributed by atoms with E-state index in [4.69, 9.17) is 10.5 Å². The molecule has 2 aliphatic rings. The Morgan fingerprint density at radius 1 is 1.32 bits per heavy atom. The first-order valence-electron chi connectivity index (χ1n) is 8.46. The topological polar surface area (TPSA) is 110 Å². The maximum atomic E-state index is 12.5. The van der Waals surface area contributed by atoms with Gasteiger partial charge in [-0.05, 0) is 30.3 Å². The molecule has 1 aromatic heterocycles. The average molecular weight is 400 g/mol. The van der Waals surface area contributed by atoms with E-state index in [9.17, 15) is 9.59 Å². The van der Waals surface area contributed by atoms with E-state index in [2.05, 4.69) is 15.3 Å². The summed E-state index contributed by atoms with van der Waals surface area (Å²) >= 11 is 0. The zero-order valence-electron chi connectivity index (χ0n) is 14.8. The normalized spacial score (nSPS) is 15.7. The fraction of sp³-hybridized carbons (Fsp3) is 0.158. The Kier molecular flexibility index (Phi) is 5.72. The van der Waals surface area contributed by atoms with Crippen LogP contribution in [0.15, 0.2) is 59.6 Å². The second-order valence-corrected chi connectivity index (χ2v) is 6.00. The number of anilines is 1. The molecule has 0 aliphatic carbocycles. The van der Waals surface area contributed by atoms with Crippen molar-refractivity contribution in [2.45, 2.75) is 0 Å². The quantitative estimate of drug-likeness (QED) is 0.347. The van der Waals surface area contributed by atoms with Crippen molar-refractivity contribution in [1.29, 1.82) is 0 Å². The molecule has 4 rings (SSSR count). The standard InChI is InChI=1S/C19H17N5O3.ClH/c20-10-18(26)27-13-3-4-15-14(8-13)19-22-6-7-24(19)17(23-15)9-16(25)12-2-1-5-21-11-12;/h1-5,8-9,11,23H,6-7,10,20H2;1H. The third kappa shape index (κ3) is 3.73. The van der Waals surface area contributed by atoms with Crippen LogP contribution < -0.4 is 15.8 Å². The highest BCUT2D eigenvalue weighted by Crippen LogP contribution is 2.32. The largest absolute Gasteiger partial charge is 0.426 e. The van der Waals surface area contributed by atoms with Gasteiger partial charge in [-0.3, -0.25) is 19.6 Å². The van der Waals surface area contributed by atoms with Gasteiger partial charge in [0.1, 0.15) is 17.4 Å². The summed E-state index contributed by atoms with van der Waals surface area (Å²) in [6.45, 7) is 1.08. The number of carbonyl (C=O) groups excluding carboxylic acids is 2. The van der Waals surface area contributed by atoms with Crippen LogP contribution in [0.4, 0.5) is 5.69 Å². The summed E-state index contributed by atoms with van der Waals surface area (Å²) in [7, 11) is 0. The van der Waals surface area contributed by atoms with E-state index in [1.165, 1.54) is 6.20 Å². The maximum absolute atomic E-state index is 12.5. The summed E-state index contributed by atoms with van der Waals surface area (Å²) in [6.07, 6.45) is 4.70. The summed E-state index contributed by atoms with van der Waals surface area (Å²) in [5.41, 5.74) is 7.39. The number of esters is 1. The second-order valence-electron chi connectivity index (χ2n) is 6.00. The molecule has 3 heterocycles. The van der Waals surface area contributed by atoms with Crippen LogP contribution in [-0.2, 0) is 4.79 Å². The van der Waals surface area contributed by atoms with Gasteiger partial charge in [-0.25, -0.2) is 0 Å². The van der Waals surface area contributed by atoms with Crippen molar-refractivity contribution >= 4 is 35.7 Å². The number of hydrogen-bond donors (Lipinski definition) is 2. The van der Waals surface area contributed by atoms with Gasteiger partial charge in [0, 0.05) is 36.1 Å². The van der Waals surface area contributed by atoms with Gasteiger partial charge >= 0.3 is 5.97 Å². The third-order valence-electron chi connectivity index (χ3n) is 4.24. The van der Waals surface area contributed by atoms with E-state index >= 15 is 0 Å². The van der Waals surface area contributed by atoms with E-state index < -0.39 is 5.97 Å². The van der Waals surface area contributed by atoms with Crippen LogP contribution in [-0.4, -0.2) is 47.1 Å². The third-order valence-corrected chi connectivity index (χ3v) is 4.24. The molecule has 144 valence electrons. The van der Waals surface area contributed by atoms with Gasteiger partial charge in [0.25, 0.3) is 0 Å². The number of allylic oxidation sites excluding steroid dienone is 1. The number of ether oxygens (including phenoxy) is 1. The molecule has 2 aliphatic heterocycles. The molecule has 8 nitrogen and oxygen atoms in total. The monoisotopic (exact) mass is 399 g/mol. The number of hydrogen-bond acceptors (Lipinski definition) is 8. The molecule has 0 spiro atoms. The number of nitrogens with two attached hydrogens (primary N) is 1. The van der Waals surface area contributed by atoms with Gasteiger partial charge in [-0.1, -0.05) is 0 Å². The number of aliphatic imine (C=N–C) groups is 1. The molecule has 0 fully saturated rings. The van der Waals surface area contributed by atoms with Crippen molar-refractivity contribution in [3.8, 4) is 5.75 Å². The van der Waals surface area contributed by atoms with Crippen LogP contribution in [0.3, 0.4) is 0 Å². The zero-order chi connectivity index (χ0) is 18.8. The van der Waals surface area contributed by atoms with Gasteiger partial charge in [0.05, 0.1) is 18.8 Å². The second kappa shape index (κ2) is 8.20. The van der Waals surface area contributed by atoms with Crippen molar-refractivity contribution in [2.75, 3.05) is 25.0 Å². The molecule has 0 atom stereocenters. The summed E-state index contributed by atoms with van der Waals surface area (Å²) in [4.78, 5) is 34.4. The zero-order valence-corrected chi connectivity index (χ0v) is 15.6. The predicted octanol–water partition coefficient (Wildman–Crippen LogP) is 1.58. The summed E-state index contributed by atoms with van der Waals surface area (Å²) in [5.74, 6) is 1.14. The van der Waals surface area contributed by atoms with E-state index in [-0.39, 0.29) is 24.7 Å². The molecule has 0 saturated heterocycles. The van der Waals surface area contributed by atoms with Crippen LogP contribution in [0.25, 0.3) is 0 Å². The van der Waals surface area contributed by atoms with Crippen molar-refractivity contribution in [3.63, 3.8) is 0 Å². The highest BCUT2D eigenvalue weighted by molar-refractivity contribution is 6.10. The Morgan fingerprint density at radius 2 is 2.18 bits per heavy atom. The van der Waals surface area contributed by atoms with Gasteiger partial charge in [-0.15, -0.1) is 12.4 Å². The Bertz CT molecular complexity index is 975. The maximum Gasteiger partial charge on any atom is 0.325 e. The lowest BCUT2D eigenvalue weighted by Gasteiger charge is -2.31. The van der Waals surface area contributed by atoms with Crippen molar-refractivity contribution in [3.05, 3.63) is 65.7 Å². The molecule has 0 amide bonds. The Balaban J connectivity index is 0.00000225. The van der Waals surface area contributed by atoms with E-state index in [0.717, 1.165) is 17.1 Å². The van der Waals surface area contributed by atoms with Crippen LogP contribution in [0.1, 0.15) is 15.9 Å². The van der Waals surface area contributed by atoms with Crippen LogP contribution in [0, 0.1) is 0 Å². The molecule has 0 unspecified atom stereocenters. The fourth-order valence-corrected chi connectivity index (χ4v) is 3.00. The number of aromatic nitrogens is 1. The van der Waals surface area contributed by atoms with Gasteiger partial charge < -0.3 is 20.7 Å². The lowest BCUT2D eigenvalue weighted by Crippen LogP contribution is -2.36. The molecule has 3 N–H and O–H groups in total. The summed E-state index contributed by atoms with van der Waals surface area (Å²) < 4.78 is 5.19. The minimum atomic E-state index is -0.508. The fourth-order valence-electron chi connectivity index (χ4n) is 3.00. The van der Waals surface area contributed by atoms with Gasteiger partial charge in [0.2, 0.25) is 0 Å². The van der Waals surface area contributed by atoms with Crippen molar-refractivity contribution in [1.82, 2.24) is 9.88 Å². The smallest absolute Gasteiger partial charge is 0.325 e. The predicted molar refractivity (Wildman–Crippen MR) is 107 cm³/mol. The minimum Gasteiger partial charge on any atom is -0.426 e. The lowest BCUT2D eigenvalue weighted by atomic mass is 10.1. The number of pyridine rings is 1. The van der Waals surface area contributed by atoms with Gasteiger partial charge in [0.15, 0.2) is 5.78 Å². The van der Waals surface area contributed by atoms with E-state index in [1.54, 1.807) is 42.6 Å². The molecular weight excluding hydrogens is 382 g/mol. The summed E-state index contributed by atoms with van der Waals surface area (Å²) in [5, 5.41) is 3.26. The Morgan fingerprint density at radius 3 is 2.93 bits per heavy atom. The first-order chi connectivity index (χ1) is 13.2. The molecule has 28 heavy (non-hydrogen) atoms. The number of amidine groups is 1. The lowest BCUT2D eigenvalue weighted by molar-refractivity contribution is -0.132. The molecule has 0 radical (unpaired) electrons. The number of ketones is 1. The average Bonchev–Trinajstić information content (AvgIpc) is 3.19. The number of halogens is 1. The van der Waals surface area contributed by atoms with Crippen LogP contribution in [0.5, 0.6) is 5.75 Å². The number of carbonyl (C=O) groups is 2. The summed E-state index contributed by atoms with van der Waals surface area (Å²) in [6, 6.07) is 8.65. The number of benzene rings is 1. The van der Waals surface area contributed by atoms with Crippen molar-refractivity contribution in [2.24, 2.45) is 10.7 Å². The molecule has 2 aromatic rings. The van der Waals surface area contributed by atoms with Crippen LogP contribution in [0.2, 0.25) is 0 Å². The van der Waals surface area contributed by atoms with E-state index in [1.807, 2.05) is 4.90 Å². The first kappa shape index (κ1) is 19.5. The Labute approximate surface area is 167 Å². The van der Waals surface area contributed by atoms with Crippen molar-refractivity contribution < 1.29 is 14.3 Å². The Hall–Kier alpha value is -3.23. The minimum absolute atomic E-state index is 0. The number of nitrogens with zero attached hydrogens (tertiary/aromatic N) is 3. The molecule has 9 heteroatoms. The highest BCUT2D eigenvalue weighted by atomic mass is 35.5.